The van der Waals surface area contributed by atoms with Crippen LogP contribution in [0.25, 0.3) is 0 Å². The number of rotatable bonds is 5. The highest BCUT2D eigenvalue weighted by atomic mass is 14.9. The second kappa shape index (κ2) is 6.06. The summed E-state index contributed by atoms with van der Waals surface area (Å²) in [6, 6.07) is 7.47. The summed E-state index contributed by atoms with van der Waals surface area (Å²) in [4.78, 5) is 0. The minimum absolute atomic E-state index is 0.574. The predicted molar refractivity (Wildman–Crippen MR) is 74.7 cm³/mol. The van der Waals surface area contributed by atoms with Gasteiger partial charge in [0, 0.05) is 18.3 Å². The summed E-state index contributed by atoms with van der Waals surface area (Å²) in [7, 11) is 0. The Morgan fingerprint density at radius 2 is 2.29 bits per heavy atom. The van der Waals surface area contributed by atoms with E-state index < -0.39 is 0 Å². The highest BCUT2D eigenvalue weighted by molar-refractivity contribution is 5.54. The largest absolute Gasteiger partial charge is 0.385 e. The number of hydrogen-bond acceptors (Lipinski definition) is 2. The van der Waals surface area contributed by atoms with Gasteiger partial charge in [-0.3, -0.25) is 0 Å². The predicted octanol–water partition coefficient (Wildman–Crippen LogP) is 2.98. The summed E-state index contributed by atoms with van der Waals surface area (Å²) in [6.07, 6.45) is 4.83. The molecule has 0 amide bonds. The van der Waals surface area contributed by atoms with Gasteiger partial charge in [-0.25, -0.2) is 0 Å². The molecule has 1 aliphatic heterocycles. The molecular weight excluding hydrogens is 208 g/mol. The molecule has 0 saturated heterocycles. The van der Waals surface area contributed by atoms with E-state index in [1.807, 2.05) is 0 Å². The van der Waals surface area contributed by atoms with E-state index in [-0.39, 0.29) is 0 Å². The average molecular weight is 232 g/mol. The van der Waals surface area contributed by atoms with Crippen LogP contribution in [-0.2, 0) is 12.8 Å². The van der Waals surface area contributed by atoms with Crippen LogP contribution in [0.1, 0.15) is 37.8 Å². The van der Waals surface area contributed by atoms with Crippen molar-refractivity contribution in [2.45, 2.75) is 45.6 Å². The number of benzene rings is 1. The van der Waals surface area contributed by atoms with Gasteiger partial charge in [-0.1, -0.05) is 19.1 Å². The van der Waals surface area contributed by atoms with Gasteiger partial charge in [-0.2, -0.15) is 0 Å². The first-order valence-electron chi connectivity index (χ1n) is 6.88. The van der Waals surface area contributed by atoms with Crippen molar-refractivity contribution in [3.05, 3.63) is 29.3 Å². The number of hydrogen-bond donors (Lipinski definition) is 2. The Morgan fingerprint density at radius 1 is 1.41 bits per heavy atom. The maximum atomic E-state index is 3.55. The molecular formula is C15H24N2. The van der Waals surface area contributed by atoms with Crippen molar-refractivity contribution in [1.82, 2.24) is 5.32 Å². The molecule has 1 atom stereocenters. The molecule has 17 heavy (non-hydrogen) atoms. The van der Waals surface area contributed by atoms with E-state index >= 15 is 0 Å². The molecule has 1 aliphatic rings. The molecule has 2 heteroatoms. The fourth-order valence-corrected chi connectivity index (χ4v) is 2.47. The third-order valence-electron chi connectivity index (χ3n) is 3.39. The monoisotopic (exact) mass is 232 g/mol. The molecule has 0 spiro atoms. The number of aryl methyl sites for hydroxylation is 1. The maximum absolute atomic E-state index is 3.55. The van der Waals surface area contributed by atoms with E-state index in [1.165, 1.54) is 36.1 Å². The zero-order chi connectivity index (χ0) is 12.1. The van der Waals surface area contributed by atoms with Gasteiger partial charge >= 0.3 is 0 Å². The minimum atomic E-state index is 0.574. The quantitative estimate of drug-likeness (QED) is 0.815. The summed E-state index contributed by atoms with van der Waals surface area (Å²) >= 11 is 0. The van der Waals surface area contributed by atoms with Crippen molar-refractivity contribution < 1.29 is 0 Å². The summed E-state index contributed by atoms with van der Waals surface area (Å²) in [5.41, 5.74) is 4.30. The summed E-state index contributed by atoms with van der Waals surface area (Å²) in [5.74, 6) is 0. The third kappa shape index (κ3) is 3.47. The molecule has 0 saturated carbocycles. The third-order valence-corrected chi connectivity index (χ3v) is 3.39. The van der Waals surface area contributed by atoms with Crippen molar-refractivity contribution in [1.29, 1.82) is 0 Å². The molecule has 2 N–H and O–H groups in total. The van der Waals surface area contributed by atoms with Gasteiger partial charge in [0.2, 0.25) is 0 Å². The summed E-state index contributed by atoms with van der Waals surface area (Å²) in [6.45, 7) is 6.73. The molecule has 0 fully saturated rings. The van der Waals surface area contributed by atoms with Crippen LogP contribution in [0.5, 0.6) is 0 Å². The molecule has 0 bridgehead atoms. The lowest BCUT2D eigenvalue weighted by Crippen LogP contribution is -2.28. The standard InChI is InChI=1S/C15H24N2/c1-3-8-16-12(2)10-13-6-7-15-14(11-13)5-4-9-17-15/h6-7,11-12,16-17H,3-5,8-10H2,1-2H3. The van der Waals surface area contributed by atoms with E-state index in [1.54, 1.807) is 0 Å². The summed E-state index contributed by atoms with van der Waals surface area (Å²) in [5, 5.41) is 7.01. The first-order valence-corrected chi connectivity index (χ1v) is 6.88. The first-order chi connectivity index (χ1) is 8.29. The molecule has 94 valence electrons. The van der Waals surface area contributed by atoms with Crippen LogP contribution in [0.2, 0.25) is 0 Å². The van der Waals surface area contributed by atoms with Crippen LogP contribution < -0.4 is 10.6 Å². The smallest absolute Gasteiger partial charge is 0.0372 e. The van der Waals surface area contributed by atoms with Gasteiger partial charge in [0.25, 0.3) is 0 Å². The molecule has 1 aromatic rings. The Hall–Kier alpha value is -1.02. The van der Waals surface area contributed by atoms with Crippen LogP contribution >= 0.6 is 0 Å². The molecule has 0 aliphatic carbocycles. The zero-order valence-corrected chi connectivity index (χ0v) is 11.1. The Morgan fingerprint density at radius 3 is 3.12 bits per heavy atom. The average Bonchev–Trinajstić information content (AvgIpc) is 2.36. The van der Waals surface area contributed by atoms with Crippen molar-refractivity contribution in [3.63, 3.8) is 0 Å². The topological polar surface area (TPSA) is 24.1 Å². The lowest BCUT2D eigenvalue weighted by atomic mass is 9.98. The minimum Gasteiger partial charge on any atom is -0.385 e. The number of fused-ring (bicyclic) bond motifs is 1. The van der Waals surface area contributed by atoms with Gasteiger partial charge in [-0.15, -0.1) is 0 Å². The lowest BCUT2D eigenvalue weighted by molar-refractivity contribution is 0.543. The van der Waals surface area contributed by atoms with Crippen LogP contribution in [0.3, 0.4) is 0 Å². The first kappa shape index (κ1) is 12.4. The highest BCUT2D eigenvalue weighted by Gasteiger charge is 2.09. The molecule has 2 rings (SSSR count). The Balaban J connectivity index is 1.97. The van der Waals surface area contributed by atoms with E-state index in [9.17, 15) is 0 Å². The Kier molecular flexibility index (Phi) is 4.43. The van der Waals surface area contributed by atoms with Crippen LogP contribution in [-0.4, -0.2) is 19.1 Å². The Labute approximate surface area is 105 Å². The van der Waals surface area contributed by atoms with Gasteiger partial charge in [0.05, 0.1) is 0 Å². The second-order valence-corrected chi connectivity index (χ2v) is 5.08. The molecule has 0 radical (unpaired) electrons. The van der Waals surface area contributed by atoms with E-state index in [0.29, 0.717) is 6.04 Å². The number of anilines is 1. The molecule has 1 heterocycles. The molecule has 2 nitrogen and oxygen atoms in total. The number of nitrogens with one attached hydrogen (secondary N) is 2. The normalized spacial score (nSPS) is 16.1. The van der Waals surface area contributed by atoms with Crippen LogP contribution in [0.15, 0.2) is 18.2 Å². The molecule has 0 aromatic heterocycles. The van der Waals surface area contributed by atoms with Crippen molar-refractivity contribution >= 4 is 5.69 Å². The summed E-state index contributed by atoms with van der Waals surface area (Å²) < 4.78 is 0. The molecule has 1 unspecified atom stereocenters. The van der Waals surface area contributed by atoms with E-state index in [4.69, 9.17) is 0 Å². The fourth-order valence-electron chi connectivity index (χ4n) is 2.47. The van der Waals surface area contributed by atoms with Gasteiger partial charge < -0.3 is 10.6 Å². The maximum Gasteiger partial charge on any atom is 0.0372 e. The second-order valence-electron chi connectivity index (χ2n) is 5.08. The van der Waals surface area contributed by atoms with Gasteiger partial charge in [0.1, 0.15) is 0 Å². The van der Waals surface area contributed by atoms with Crippen molar-refractivity contribution in [3.8, 4) is 0 Å². The highest BCUT2D eigenvalue weighted by Crippen LogP contribution is 2.23. The lowest BCUT2D eigenvalue weighted by Gasteiger charge is -2.20. The Bertz CT molecular complexity index is 360. The van der Waals surface area contributed by atoms with Crippen molar-refractivity contribution in [2.24, 2.45) is 0 Å². The van der Waals surface area contributed by atoms with Gasteiger partial charge in [-0.05, 0) is 56.3 Å². The van der Waals surface area contributed by atoms with E-state index in [2.05, 4.69) is 42.7 Å². The zero-order valence-electron chi connectivity index (χ0n) is 11.1. The van der Waals surface area contributed by atoms with Gasteiger partial charge in [0.15, 0.2) is 0 Å². The SMILES string of the molecule is CCCNC(C)Cc1ccc2c(c1)CCCN2. The molecule has 1 aromatic carbocycles. The van der Waals surface area contributed by atoms with Crippen LogP contribution in [0, 0.1) is 0 Å². The van der Waals surface area contributed by atoms with Crippen molar-refractivity contribution in [2.75, 3.05) is 18.4 Å². The van der Waals surface area contributed by atoms with E-state index in [0.717, 1.165) is 19.5 Å². The van der Waals surface area contributed by atoms with Crippen LogP contribution in [0.4, 0.5) is 5.69 Å². The fraction of sp³-hybridized carbons (Fsp3) is 0.600.